The van der Waals surface area contributed by atoms with Crippen molar-refractivity contribution in [3.63, 3.8) is 0 Å². The SMILES string of the molecule is O=C(COC(=O)CCc1ccccc1Cl)Nc1ccc(S(=O)(=O)N2CCOCC2)cc1. The molecule has 1 saturated heterocycles. The standard InChI is InChI=1S/C21H23ClN2O6S/c22-19-4-2-1-3-16(19)5-10-21(26)30-15-20(25)23-17-6-8-18(9-7-17)31(27,28)24-11-13-29-14-12-24/h1-4,6-9H,5,10-15H2,(H,23,25). The minimum Gasteiger partial charge on any atom is -0.456 e. The smallest absolute Gasteiger partial charge is 0.306 e. The zero-order valence-corrected chi connectivity index (χ0v) is 18.3. The van der Waals surface area contributed by atoms with Crippen molar-refractivity contribution in [2.45, 2.75) is 17.7 Å². The van der Waals surface area contributed by atoms with Crippen molar-refractivity contribution in [2.75, 3.05) is 38.2 Å². The summed E-state index contributed by atoms with van der Waals surface area (Å²) in [6, 6.07) is 13.0. The first-order valence-electron chi connectivity index (χ1n) is 9.73. The number of anilines is 1. The molecule has 0 saturated carbocycles. The lowest BCUT2D eigenvalue weighted by Gasteiger charge is -2.26. The van der Waals surface area contributed by atoms with Gasteiger partial charge in [-0.1, -0.05) is 29.8 Å². The number of ether oxygens (including phenoxy) is 2. The maximum Gasteiger partial charge on any atom is 0.306 e. The Hall–Kier alpha value is -2.46. The molecule has 1 amide bonds. The Kier molecular flexibility index (Phi) is 8.03. The topological polar surface area (TPSA) is 102 Å². The predicted octanol–water partition coefficient (Wildman–Crippen LogP) is 2.48. The van der Waals surface area contributed by atoms with E-state index in [1.807, 2.05) is 12.1 Å². The molecule has 0 unspecified atom stereocenters. The third kappa shape index (κ3) is 6.51. The fraction of sp³-hybridized carbons (Fsp3) is 0.333. The van der Waals surface area contributed by atoms with E-state index in [4.69, 9.17) is 21.1 Å². The zero-order chi connectivity index (χ0) is 22.3. The summed E-state index contributed by atoms with van der Waals surface area (Å²) >= 11 is 6.05. The van der Waals surface area contributed by atoms with Crippen molar-refractivity contribution in [3.05, 3.63) is 59.1 Å². The second-order valence-electron chi connectivity index (χ2n) is 6.84. The fourth-order valence-electron chi connectivity index (χ4n) is 3.00. The van der Waals surface area contributed by atoms with E-state index in [1.165, 1.54) is 28.6 Å². The number of hydrogen-bond acceptors (Lipinski definition) is 6. The molecule has 10 heteroatoms. The minimum atomic E-state index is -3.60. The van der Waals surface area contributed by atoms with Crippen LogP contribution in [0.1, 0.15) is 12.0 Å². The van der Waals surface area contributed by atoms with Gasteiger partial charge in [0.1, 0.15) is 0 Å². The summed E-state index contributed by atoms with van der Waals surface area (Å²) < 4.78 is 36.7. The van der Waals surface area contributed by atoms with Gasteiger partial charge < -0.3 is 14.8 Å². The number of aryl methyl sites for hydroxylation is 1. The Labute approximate surface area is 186 Å². The van der Waals surface area contributed by atoms with Gasteiger partial charge in [-0.05, 0) is 42.3 Å². The Morgan fingerprint density at radius 2 is 1.74 bits per heavy atom. The van der Waals surface area contributed by atoms with Crippen molar-refractivity contribution >= 4 is 39.2 Å². The highest BCUT2D eigenvalue weighted by atomic mass is 35.5. The molecule has 1 N–H and O–H groups in total. The molecule has 0 spiro atoms. The molecular weight excluding hydrogens is 444 g/mol. The maximum absolute atomic E-state index is 12.6. The number of morpholine rings is 1. The average Bonchev–Trinajstić information content (AvgIpc) is 2.78. The number of nitrogens with one attached hydrogen (secondary N) is 1. The van der Waals surface area contributed by atoms with Crippen molar-refractivity contribution in [2.24, 2.45) is 0 Å². The van der Waals surface area contributed by atoms with E-state index in [9.17, 15) is 18.0 Å². The Morgan fingerprint density at radius 3 is 2.42 bits per heavy atom. The van der Waals surface area contributed by atoms with Crippen LogP contribution in [-0.4, -0.2) is 57.5 Å². The van der Waals surface area contributed by atoms with E-state index in [-0.39, 0.29) is 11.3 Å². The van der Waals surface area contributed by atoms with E-state index >= 15 is 0 Å². The molecule has 2 aromatic rings. The van der Waals surface area contributed by atoms with E-state index in [0.29, 0.717) is 43.4 Å². The molecule has 1 fully saturated rings. The maximum atomic E-state index is 12.6. The normalized spacial score (nSPS) is 14.7. The van der Waals surface area contributed by atoms with Gasteiger partial charge in [-0.2, -0.15) is 4.31 Å². The molecule has 1 heterocycles. The first-order valence-corrected chi connectivity index (χ1v) is 11.5. The third-order valence-corrected chi connectivity index (χ3v) is 6.95. The number of esters is 1. The summed E-state index contributed by atoms with van der Waals surface area (Å²) in [6.07, 6.45) is 0.518. The second-order valence-corrected chi connectivity index (χ2v) is 9.19. The lowest BCUT2D eigenvalue weighted by molar-refractivity contribution is -0.147. The van der Waals surface area contributed by atoms with E-state index in [2.05, 4.69) is 5.32 Å². The van der Waals surface area contributed by atoms with Crippen molar-refractivity contribution in [3.8, 4) is 0 Å². The van der Waals surface area contributed by atoms with Gasteiger partial charge in [-0.25, -0.2) is 8.42 Å². The van der Waals surface area contributed by atoms with Crippen LogP contribution in [0.25, 0.3) is 0 Å². The highest BCUT2D eigenvalue weighted by Gasteiger charge is 2.26. The summed E-state index contributed by atoms with van der Waals surface area (Å²) in [7, 11) is -3.60. The first kappa shape index (κ1) is 23.2. The number of nitrogens with zero attached hydrogens (tertiary/aromatic N) is 1. The van der Waals surface area contributed by atoms with Crippen LogP contribution < -0.4 is 5.32 Å². The number of amides is 1. The van der Waals surface area contributed by atoms with E-state index in [0.717, 1.165) is 5.56 Å². The van der Waals surface area contributed by atoms with Gasteiger partial charge in [0.15, 0.2) is 6.61 Å². The molecule has 2 aromatic carbocycles. The number of hydrogen-bond donors (Lipinski definition) is 1. The van der Waals surface area contributed by atoms with Crippen LogP contribution in [0.2, 0.25) is 5.02 Å². The van der Waals surface area contributed by atoms with E-state index in [1.54, 1.807) is 12.1 Å². The molecule has 3 rings (SSSR count). The fourth-order valence-corrected chi connectivity index (χ4v) is 4.64. The molecule has 0 bridgehead atoms. The highest BCUT2D eigenvalue weighted by Crippen LogP contribution is 2.20. The number of sulfonamides is 1. The Morgan fingerprint density at radius 1 is 1.06 bits per heavy atom. The van der Waals surface area contributed by atoms with Crippen LogP contribution >= 0.6 is 11.6 Å². The number of carbonyl (C=O) groups is 2. The number of rotatable bonds is 8. The molecule has 8 nitrogen and oxygen atoms in total. The van der Waals surface area contributed by atoms with Gasteiger partial charge in [-0.15, -0.1) is 0 Å². The third-order valence-electron chi connectivity index (χ3n) is 4.67. The number of halogens is 1. The molecule has 0 aliphatic carbocycles. The first-order chi connectivity index (χ1) is 14.9. The van der Waals surface area contributed by atoms with Crippen LogP contribution in [0, 0.1) is 0 Å². The van der Waals surface area contributed by atoms with E-state index < -0.39 is 28.5 Å². The lowest BCUT2D eigenvalue weighted by atomic mass is 10.1. The summed E-state index contributed by atoms with van der Waals surface area (Å²) in [5, 5.41) is 3.15. The lowest BCUT2D eigenvalue weighted by Crippen LogP contribution is -2.40. The van der Waals surface area contributed by atoms with Gasteiger partial charge in [-0.3, -0.25) is 9.59 Å². The Balaban J connectivity index is 1.46. The predicted molar refractivity (Wildman–Crippen MR) is 115 cm³/mol. The molecule has 31 heavy (non-hydrogen) atoms. The largest absolute Gasteiger partial charge is 0.456 e. The zero-order valence-electron chi connectivity index (χ0n) is 16.8. The van der Waals surface area contributed by atoms with Crippen LogP contribution in [0.4, 0.5) is 5.69 Å². The second kappa shape index (κ2) is 10.7. The van der Waals surface area contributed by atoms with Gasteiger partial charge in [0, 0.05) is 30.2 Å². The van der Waals surface area contributed by atoms with Crippen LogP contribution in [0.15, 0.2) is 53.4 Å². The summed E-state index contributed by atoms with van der Waals surface area (Å²) in [5.41, 5.74) is 1.23. The van der Waals surface area contributed by atoms with Gasteiger partial charge >= 0.3 is 5.97 Å². The van der Waals surface area contributed by atoms with Crippen molar-refractivity contribution in [1.29, 1.82) is 0 Å². The molecule has 166 valence electrons. The monoisotopic (exact) mass is 466 g/mol. The van der Waals surface area contributed by atoms with Crippen molar-refractivity contribution < 1.29 is 27.5 Å². The molecule has 0 aromatic heterocycles. The summed E-state index contributed by atoms with van der Waals surface area (Å²) in [6.45, 7) is 0.912. The van der Waals surface area contributed by atoms with Crippen LogP contribution in [-0.2, 0) is 35.5 Å². The molecule has 1 aliphatic rings. The highest BCUT2D eigenvalue weighted by molar-refractivity contribution is 7.89. The molecule has 0 radical (unpaired) electrons. The average molecular weight is 467 g/mol. The molecular formula is C21H23ClN2O6S. The number of carbonyl (C=O) groups excluding carboxylic acids is 2. The quantitative estimate of drug-likeness (QED) is 0.599. The molecule has 1 aliphatic heterocycles. The van der Waals surface area contributed by atoms with Crippen molar-refractivity contribution in [1.82, 2.24) is 4.31 Å². The summed E-state index contributed by atoms with van der Waals surface area (Å²) in [5.74, 6) is -1.03. The Bertz CT molecular complexity index is 1020. The molecule has 0 atom stereocenters. The van der Waals surface area contributed by atoms with Gasteiger partial charge in [0.2, 0.25) is 10.0 Å². The summed E-state index contributed by atoms with van der Waals surface area (Å²) in [4.78, 5) is 24.0. The van der Waals surface area contributed by atoms with Crippen LogP contribution in [0.5, 0.6) is 0 Å². The van der Waals surface area contributed by atoms with Gasteiger partial charge in [0.25, 0.3) is 5.91 Å². The minimum absolute atomic E-state index is 0.102. The number of benzene rings is 2. The van der Waals surface area contributed by atoms with Gasteiger partial charge in [0.05, 0.1) is 18.1 Å². The van der Waals surface area contributed by atoms with Crippen LogP contribution in [0.3, 0.4) is 0 Å².